The third-order valence-electron chi connectivity index (χ3n) is 6.26. The average Bonchev–Trinajstić information content (AvgIpc) is 3.04. The number of carbonyl (C=O) groups excluding carboxylic acids is 1. The van der Waals surface area contributed by atoms with Crippen LogP contribution in [0.2, 0.25) is 0 Å². The van der Waals surface area contributed by atoms with Crippen LogP contribution >= 0.6 is 0 Å². The van der Waals surface area contributed by atoms with E-state index in [0.29, 0.717) is 38.0 Å². The zero-order valence-corrected chi connectivity index (χ0v) is 16.5. The lowest BCUT2D eigenvalue weighted by molar-refractivity contribution is -0.138. The van der Waals surface area contributed by atoms with E-state index >= 15 is 0 Å². The molecule has 2 aliphatic heterocycles. The summed E-state index contributed by atoms with van der Waals surface area (Å²) in [6, 6.07) is 13.5. The lowest BCUT2D eigenvalue weighted by Gasteiger charge is -2.40. The first-order valence-electron chi connectivity index (χ1n) is 10.1. The van der Waals surface area contributed by atoms with Crippen molar-refractivity contribution in [2.45, 2.75) is 44.2 Å². The number of likely N-dealkylation sites (tertiary alicyclic amines) is 2. The Morgan fingerprint density at radius 2 is 1.79 bits per heavy atom. The Morgan fingerprint density at radius 1 is 1.07 bits per heavy atom. The number of aryl methyl sites for hydroxylation is 1. The van der Waals surface area contributed by atoms with Gasteiger partial charge < -0.3 is 10.0 Å². The number of hydrogen-bond donors (Lipinski definition) is 1. The molecule has 2 aromatic carbocycles. The Morgan fingerprint density at radius 3 is 2.48 bits per heavy atom. The van der Waals surface area contributed by atoms with Gasteiger partial charge in [-0.15, -0.1) is 0 Å². The first kappa shape index (κ1) is 19.8. The maximum atomic E-state index is 15.0. The molecule has 0 saturated carbocycles. The fourth-order valence-corrected chi connectivity index (χ4v) is 4.56. The molecule has 0 aromatic heterocycles. The van der Waals surface area contributed by atoms with E-state index in [1.165, 1.54) is 12.1 Å². The molecule has 0 bridgehead atoms. The molecule has 2 heterocycles. The second kappa shape index (κ2) is 7.75. The minimum Gasteiger partial charge on any atom is -0.508 e. The first-order valence-corrected chi connectivity index (χ1v) is 10.1. The van der Waals surface area contributed by atoms with Gasteiger partial charge in [0, 0.05) is 13.1 Å². The van der Waals surface area contributed by atoms with Crippen molar-refractivity contribution in [3.05, 3.63) is 65.2 Å². The van der Waals surface area contributed by atoms with Crippen LogP contribution in [0.1, 0.15) is 35.4 Å². The molecule has 2 aromatic rings. The molecule has 29 heavy (non-hydrogen) atoms. The van der Waals surface area contributed by atoms with Crippen LogP contribution in [0.5, 0.6) is 5.75 Å². The summed E-state index contributed by atoms with van der Waals surface area (Å²) in [4.78, 5) is 16.4. The summed E-state index contributed by atoms with van der Waals surface area (Å²) >= 11 is 0. The van der Waals surface area contributed by atoms with E-state index in [1.54, 1.807) is 21.9 Å². The highest BCUT2D eigenvalue weighted by molar-refractivity contribution is 5.84. The molecule has 4 nitrogen and oxygen atoms in total. The quantitative estimate of drug-likeness (QED) is 0.846. The molecule has 154 valence electrons. The number of piperidine rings is 1. The zero-order valence-electron chi connectivity index (χ0n) is 16.5. The number of alkyl halides is 2. The maximum Gasteiger partial charge on any atom is 0.267 e. The maximum absolute atomic E-state index is 15.0. The highest BCUT2D eigenvalue weighted by Crippen LogP contribution is 2.42. The van der Waals surface area contributed by atoms with Crippen molar-refractivity contribution < 1.29 is 18.7 Å². The van der Waals surface area contributed by atoms with Gasteiger partial charge in [-0.3, -0.25) is 9.69 Å². The number of phenolic OH excluding ortho intramolecular Hbond substituents is 1. The van der Waals surface area contributed by atoms with Gasteiger partial charge in [-0.05, 0) is 55.1 Å². The summed E-state index contributed by atoms with van der Waals surface area (Å²) in [5.41, 5.74) is 2.76. The number of carbonyl (C=O) groups is 1. The van der Waals surface area contributed by atoms with E-state index in [0.717, 1.165) is 11.1 Å². The van der Waals surface area contributed by atoms with E-state index in [2.05, 4.69) is 0 Å². The lowest BCUT2D eigenvalue weighted by atomic mass is 9.85. The zero-order chi connectivity index (χ0) is 20.6. The normalized spacial score (nSPS) is 24.8. The van der Waals surface area contributed by atoms with Crippen LogP contribution < -0.4 is 0 Å². The molecule has 2 aliphatic rings. The number of nitrogens with zero attached hydrogens (tertiary/aromatic N) is 2. The predicted molar refractivity (Wildman–Crippen MR) is 107 cm³/mol. The molecule has 2 unspecified atom stereocenters. The van der Waals surface area contributed by atoms with Gasteiger partial charge in [-0.25, -0.2) is 8.78 Å². The third kappa shape index (κ3) is 3.99. The van der Waals surface area contributed by atoms with E-state index in [1.807, 2.05) is 31.2 Å². The van der Waals surface area contributed by atoms with Crippen molar-refractivity contribution in [2.24, 2.45) is 0 Å². The van der Waals surface area contributed by atoms with E-state index in [-0.39, 0.29) is 11.7 Å². The van der Waals surface area contributed by atoms with E-state index in [9.17, 15) is 18.7 Å². The van der Waals surface area contributed by atoms with Crippen LogP contribution in [0.15, 0.2) is 48.5 Å². The van der Waals surface area contributed by atoms with Crippen LogP contribution in [0, 0.1) is 6.92 Å². The van der Waals surface area contributed by atoms with Crippen LogP contribution in [-0.4, -0.2) is 52.4 Å². The van der Waals surface area contributed by atoms with Crippen LogP contribution in [0.4, 0.5) is 8.78 Å². The van der Waals surface area contributed by atoms with Crippen molar-refractivity contribution in [1.82, 2.24) is 9.80 Å². The molecule has 1 N–H and O–H groups in total. The highest BCUT2D eigenvalue weighted by atomic mass is 19.3. The SMILES string of the molecule is Cc1ccccc1CN1CCC(N2CCC(c3ccc(O)cc3)C(F)(F)C2)C1=O. The summed E-state index contributed by atoms with van der Waals surface area (Å²) in [7, 11) is 0. The third-order valence-corrected chi connectivity index (χ3v) is 6.26. The number of benzene rings is 2. The molecule has 0 radical (unpaired) electrons. The number of halogens is 2. The second-order valence-corrected chi connectivity index (χ2v) is 8.16. The summed E-state index contributed by atoms with van der Waals surface area (Å²) < 4.78 is 29.9. The summed E-state index contributed by atoms with van der Waals surface area (Å²) in [5.74, 6) is -3.79. The fraction of sp³-hybridized carbons (Fsp3) is 0.435. The van der Waals surface area contributed by atoms with Gasteiger partial charge in [0.25, 0.3) is 5.92 Å². The molecule has 2 saturated heterocycles. The number of hydrogen-bond acceptors (Lipinski definition) is 3. The smallest absolute Gasteiger partial charge is 0.267 e. The van der Waals surface area contributed by atoms with E-state index < -0.39 is 24.4 Å². The minimum atomic E-state index is -2.92. The molecule has 0 spiro atoms. The number of rotatable bonds is 4. The van der Waals surface area contributed by atoms with Crippen LogP contribution in [-0.2, 0) is 11.3 Å². The lowest BCUT2D eigenvalue weighted by Crippen LogP contribution is -2.53. The topological polar surface area (TPSA) is 43.8 Å². The Kier molecular flexibility index (Phi) is 5.30. The Balaban J connectivity index is 1.43. The van der Waals surface area contributed by atoms with Gasteiger partial charge in [0.1, 0.15) is 5.75 Å². The van der Waals surface area contributed by atoms with Crippen molar-refractivity contribution in [1.29, 1.82) is 0 Å². The van der Waals surface area contributed by atoms with Crippen LogP contribution in [0.25, 0.3) is 0 Å². The molecule has 1 amide bonds. The average molecular weight is 400 g/mol. The second-order valence-electron chi connectivity index (χ2n) is 8.16. The van der Waals surface area contributed by atoms with Crippen molar-refractivity contribution in [3.63, 3.8) is 0 Å². The van der Waals surface area contributed by atoms with Crippen molar-refractivity contribution >= 4 is 5.91 Å². The molecule has 0 aliphatic carbocycles. The van der Waals surface area contributed by atoms with Gasteiger partial charge in [0.15, 0.2) is 0 Å². The van der Waals surface area contributed by atoms with Crippen molar-refractivity contribution in [2.75, 3.05) is 19.6 Å². The van der Waals surface area contributed by atoms with Crippen LogP contribution in [0.3, 0.4) is 0 Å². The molecular formula is C23H26F2N2O2. The monoisotopic (exact) mass is 400 g/mol. The van der Waals surface area contributed by atoms with Gasteiger partial charge in [-0.2, -0.15) is 0 Å². The Bertz CT molecular complexity index is 885. The number of phenols is 1. The standard InChI is InChI=1S/C23H26F2N2O2/c1-16-4-2-3-5-18(16)14-26-13-11-21(22(26)29)27-12-10-20(23(24,25)15-27)17-6-8-19(28)9-7-17/h2-9,20-21,28H,10-15H2,1H3. The summed E-state index contributed by atoms with van der Waals surface area (Å²) in [6.07, 6.45) is 0.879. The first-order chi connectivity index (χ1) is 13.8. The highest BCUT2D eigenvalue weighted by Gasteiger charge is 2.49. The molecule has 2 atom stereocenters. The summed E-state index contributed by atoms with van der Waals surface area (Å²) in [5, 5.41) is 9.41. The minimum absolute atomic E-state index is 0.0489. The van der Waals surface area contributed by atoms with E-state index in [4.69, 9.17) is 0 Å². The summed E-state index contributed by atoms with van der Waals surface area (Å²) in [6.45, 7) is 3.20. The van der Waals surface area contributed by atoms with Gasteiger partial charge >= 0.3 is 0 Å². The van der Waals surface area contributed by atoms with Gasteiger partial charge in [0.05, 0.1) is 18.5 Å². The number of amides is 1. The van der Waals surface area contributed by atoms with Gasteiger partial charge in [0.2, 0.25) is 5.91 Å². The predicted octanol–water partition coefficient (Wildman–Crippen LogP) is 3.93. The fourth-order valence-electron chi connectivity index (χ4n) is 4.56. The van der Waals surface area contributed by atoms with Crippen molar-refractivity contribution in [3.8, 4) is 5.75 Å². The molecular weight excluding hydrogens is 374 g/mol. The molecule has 2 fully saturated rings. The number of aromatic hydroxyl groups is 1. The largest absolute Gasteiger partial charge is 0.508 e. The van der Waals surface area contributed by atoms with Gasteiger partial charge in [-0.1, -0.05) is 36.4 Å². The molecule has 4 rings (SSSR count). The Hall–Kier alpha value is -2.47. The Labute approximate surface area is 169 Å². The molecule has 6 heteroatoms.